The molecule has 168 valence electrons. The molecule has 0 saturated carbocycles. The molecule has 1 atom stereocenters. The number of likely N-dealkylation sites (tertiary alicyclic amines) is 1. The monoisotopic (exact) mass is 463 g/mol. The van der Waals surface area contributed by atoms with Gasteiger partial charge in [0, 0.05) is 31.5 Å². The zero-order valence-corrected chi connectivity index (χ0v) is 19.7. The highest BCUT2D eigenvalue weighted by atomic mass is 32.2. The molecule has 1 unspecified atom stereocenters. The molecule has 3 heterocycles. The van der Waals surface area contributed by atoms with Crippen molar-refractivity contribution in [3.8, 4) is 0 Å². The average Bonchev–Trinajstić information content (AvgIpc) is 3.50. The van der Waals surface area contributed by atoms with Crippen molar-refractivity contribution in [3.05, 3.63) is 35.7 Å². The van der Waals surface area contributed by atoms with Gasteiger partial charge in [-0.15, -0.1) is 10.2 Å². The first kappa shape index (κ1) is 22.4. The number of aromatic nitrogens is 3. The number of sulfonamides is 1. The Bertz CT molecular complexity index is 1030. The van der Waals surface area contributed by atoms with E-state index in [4.69, 9.17) is 0 Å². The molecule has 2 saturated heterocycles. The second kappa shape index (κ2) is 9.40. The number of carbonyl (C=O) groups is 1. The Morgan fingerprint density at radius 1 is 1.10 bits per heavy atom. The van der Waals surface area contributed by atoms with Crippen molar-refractivity contribution in [1.82, 2.24) is 24.0 Å². The van der Waals surface area contributed by atoms with Crippen LogP contribution in [-0.4, -0.2) is 70.1 Å². The minimum absolute atomic E-state index is 0.0863. The fraction of sp³-hybridized carbons (Fsp3) is 0.571. The van der Waals surface area contributed by atoms with E-state index in [2.05, 4.69) is 15.1 Å². The van der Waals surface area contributed by atoms with E-state index in [0.717, 1.165) is 30.3 Å². The summed E-state index contributed by atoms with van der Waals surface area (Å²) >= 11 is 1.67. The summed E-state index contributed by atoms with van der Waals surface area (Å²) in [5, 5.41) is 9.54. The highest BCUT2D eigenvalue weighted by Gasteiger charge is 2.39. The minimum Gasteiger partial charge on any atom is -0.308 e. The Balaban J connectivity index is 1.48. The van der Waals surface area contributed by atoms with Gasteiger partial charge in [0.1, 0.15) is 0 Å². The van der Waals surface area contributed by atoms with Gasteiger partial charge in [-0.2, -0.15) is 4.31 Å². The van der Waals surface area contributed by atoms with Gasteiger partial charge >= 0.3 is 0 Å². The standard InChI is InChI=1S/C21H29N5O3S2/c1-16(27)17-7-9-18(10-8-17)31(28,29)26-13-5-6-19(26)20-22-23-21(24(20)2)30-15-14-25-11-3-4-12-25/h7-10,19H,3-6,11-15H2,1-2H3. The van der Waals surface area contributed by atoms with Crippen LogP contribution in [0.15, 0.2) is 34.3 Å². The first-order valence-electron chi connectivity index (χ1n) is 10.7. The van der Waals surface area contributed by atoms with E-state index in [-0.39, 0.29) is 16.7 Å². The van der Waals surface area contributed by atoms with E-state index in [0.29, 0.717) is 17.9 Å². The van der Waals surface area contributed by atoms with Crippen LogP contribution in [0.3, 0.4) is 0 Å². The predicted octanol–water partition coefficient (Wildman–Crippen LogP) is 2.73. The second-order valence-corrected chi connectivity index (χ2v) is 11.1. The minimum atomic E-state index is -3.69. The van der Waals surface area contributed by atoms with Crippen LogP contribution < -0.4 is 0 Å². The number of benzene rings is 1. The quantitative estimate of drug-likeness (QED) is 0.439. The summed E-state index contributed by atoms with van der Waals surface area (Å²) in [6.45, 7) is 5.30. The summed E-state index contributed by atoms with van der Waals surface area (Å²) in [6, 6.07) is 5.83. The summed E-state index contributed by atoms with van der Waals surface area (Å²) in [5.41, 5.74) is 0.501. The highest BCUT2D eigenvalue weighted by molar-refractivity contribution is 7.99. The van der Waals surface area contributed by atoms with Gasteiger partial charge in [-0.3, -0.25) is 4.79 Å². The Morgan fingerprint density at radius 2 is 1.81 bits per heavy atom. The van der Waals surface area contributed by atoms with Gasteiger partial charge < -0.3 is 9.47 Å². The van der Waals surface area contributed by atoms with E-state index in [9.17, 15) is 13.2 Å². The molecule has 2 fully saturated rings. The SMILES string of the molecule is CC(=O)c1ccc(S(=O)(=O)N2CCCC2c2nnc(SCCN3CCCC3)n2C)cc1. The van der Waals surface area contributed by atoms with Gasteiger partial charge in [0.25, 0.3) is 0 Å². The van der Waals surface area contributed by atoms with Crippen molar-refractivity contribution >= 4 is 27.6 Å². The largest absolute Gasteiger partial charge is 0.308 e. The summed E-state index contributed by atoms with van der Waals surface area (Å²) in [5.74, 6) is 1.54. The van der Waals surface area contributed by atoms with Gasteiger partial charge in [0.2, 0.25) is 10.0 Å². The zero-order valence-electron chi connectivity index (χ0n) is 18.0. The molecule has 0 N–H and O–H groups in total. The van der Waals surface area contributed by atoms with Crippen LogP contribution in [0.1, 0.15) is 54.8 Å². The molecular formula is C21H29N5O3S2. The third kappa shape index (κ3) is 4.72. The molecule has 2 aromatic rings. The van der Waals surface area contributed by atoms with Gasteiger partial charge in [-0.1, -0.05) is 23.9 Å². The molecule has 1 aromatic carbocycles. The normalized spacial score (nSPS) is 20.5. The van der Waals surface area contributed by atoms with Crippen molar-refractivity contribution in [2.45, 2.75) is 48.7 Å². The van der Waals surface area contributed by atoms with Gasteiger partial charge in [-0.05, 0) is 57.8 Å². The Labute approximate surface area is 188 Å². The third-order valence-electron chi connectivity index (χ3n) is 6.08. The molecule has 2 aliphatic rings. The van der Waals surface area contributed by atoms with Crippen molar-refractivity contribution in [2.75, 3.05) is 31.9 Å². The lowest BCUT2D eigenvalue weighted by molar-refractivity contribution is 0.101. The Hall–Kier alpha value is -1.75. The summed E-state index contributed by atoms with van der Waals surface area (Å²) < 4.78 is 30.1. The molecule has 31 heavy (non-hydrogen) atoms. The van der Waals surface area contributed by atoms with Gasteiger partial charge in [-0.25, -0.2) is 8.42 Å². The summed E-state index contributed by atoms with van der Waals surface area (Å²) in [4.78, 5) is 14.2. The van der Waals surface area contributed by atoms with Crippen LogP contribution in [0.4, 0.5) is 0 Å². The number of nitrogens with zero attached hydrogens (tertiary/aromatic N) is 5. The fourth-order valence-electron chi connectivity index (χ4n) is 4.30. The first-order valence-corrected chi connectivity index (χ1v) is 13.2. The van der Waals surface area contributed by atoms with E-state index < -0.39 is 10.0 Å². The molecule has 1 aromatic heterocycles. The lowest BCUT2D eigenvalue weighted by Crippen LogP contribution is -2.32. The van der Waals surface area contributed by atoms with E-state index >= 15 is 0 Å². The Kier molecular flexibility index (Phi) is 6.80. The highest BCUT2D eigenvalue weighted by Crippen LogP contribution is 2.36. The van der Waals surface area contributed by atoms with Crippen LogP contribution in [0.25, 0.3) is 0 Å². The molecule has 10 heteroatoms. The molecule has 0 aliphatic carbocycles. The molecule has 0 bridgehead atoms. The van der Waals surface area contributed by atoms with E-state index in [1.54, 1.807) is 23.9 Å². The van der Waals surface area contributed by atoms with Crippen LogP contribution >= 0.6 is 11.8 Å². The predicted molar refractivity (Wildman–Crippen MR) is 120 cm³/mol. The Morgan fingerprint density at radius 3 is 2.48 bits per heavy atom. The second-order valence-electron chi connectivity index (χ2n) is 8.15. The van der Waals surface area contributed by atoms with Crippen LogP contribution in [0.5, 0.6) is 0 Å². The van der Waals surface area contributed by atoms with E-state index in [1.807, 2.05) is 11.6 Å². The zero-order chi connectivity index (χ0) is 22.0. The molecule has 4 rings (SSSR count). The lowest BCUT2D eigenvalue weighted by atomic mass is 10.2. The number of Topliss-reactive ketones (excluding diaryl/α,β-unsaturated/α-hetero) is 1. The summed E-state index contributed by atoms with van der Waals surface area (Å²) in [7, 11) is -1.77. The van der Waals surface area contributed by atoms with Gasteiger partial charge in [0.05, 0.1) is 10.9 Å². The number of ketones is 1. The molecule has 0 spiro atoms. The van der Waals surface area contributed by atoms with Crippen LogP contribution in [0, 0.1) is 0 Å². The van der Waals surface area contributed by atoms with E-state index in [1.165, 1.54) is 49.3 Å². The third-order valence-corrected chi connectivity index (χ3v) is 9.00. The van der Waals surface area contributed by atoms with Crippen molar-refractivity contribution in [1.29, 1.82) is 0 Å². The fourth-order valence-corrected chi connectivity index (χ4v) is 6.87. The maximum Gasteiger partial charge on any atom is 0.243 e. The lowest BCUT2D eigenvalue weighted by Gasteiger charge is -2.23. The molecular weight excluding hydrogens is 434 g/mol. The van der Waals surface area contributed by atoms with Crippen molar-refractivity contribution < 1.29 is 13.2 Å². The summed E-state index contributed by atoms with van der Waals surface area (Å²) in [6.07, 6.45) is 4.05. The van der Waals surface area contributed by atoms with Crippen molar-refractivity contribution in [3.63, 3.8) is 0 Å². The van der Waals surface area contributed by atoms with Crippen LogP contribution in [-0.2, 0) is 17.1 Å². The van der Waals surface area contributed by atoms with Gasteiger partial charge in [0.15, 0.2) is 16.8 Å². The number of rotatable bonds is 8. The molecule has 0 amide bonds. The number of thioether (sulfide) groups is 1. The molecule has 0 radical (unpaired) electrons. The first-order chi connectivity index (χ1) is 14.9. The molecule has 2 aliphatic heterocycles. The number of hydrogen-bond acceptors (Lipinski definition) is 7. The maximum absolute atomic E-state index is 13.3. The smallest absolute Gasteiger partial charge is 0.243 e. The van der Waals surface area contributed by atoms with Crippen LogP contribution in [0.2, 0.25) is 0 Å². The topological polar surface area (TPSA) is 88.4 Å². The van der Waals surface area contributed by atoms with Crippen molar-refractivity contribution in [2.24, 2.45) is 7.05 Å². The number of carbonyl (C=O) groups excluding carboxylic acids is 1. The average molecular weight is 464 g/mol. The molecule has 8 nitrogen and oxygen atoms in total. The maximum atomic E-state index is 13.3. The number of hydrogen-bond donors (Lipinski definition) is 0.